The van der Waals surface area contributed by atoms with Gasteiger partial charge in [-0.25, -0.2) is 0 Å². The minimum atomic E-state index is 0.350. The van der Waals surface area contributed by atoms with Crippen LogP contribution in [0.4, 0.5) is 0 Å². The first-order valence-corrected chi connectivity index (χ1v) is 6.95. The lowest BCUT2D eigenvalue weighted by Crippen LogP contribution is -2.47. The maximum absolute atomic E-state index is 6.04. The van der Waals surface area contributed by atoms with E-state index in [1.807, 2.05) is 0 Å². The zero-order valence-electron chi connectivity index (χ0n) is 9.38. The summed E-state index contributed by atoms with van der Waals surface area (Å²) in [6.45, 7) is 5.11. The van der Waals surface area contributed by atoms with Gasteiger partial charge in [0.05, 0.1) is 17.6 Å². The molecule has 0 saturated carbocycles. The molecule has 3 rings (SSSR count). The Kier molecular flexibility index (Phi) is 2.75. The zero-order chi connectivity index (χ0) is 11.2. The molecular formula is C12H16ClNOS. The fourth-order valence-electron chi connectivity index (χ4n) is 2.46. The molecule has 2 aliphatic rings. The highest BCUT2D eigenvalue weighted by Crippen LogP contribution is 2.39. The molecule has 88 valence electrons. The molecule has 0 aromatic carbocycles. The Balaban J connectivity index is 1.64. The van der Waals surface area contributed by atoms with Crippen LogP contribution in [0.5, 0.6) is 0 Å². The van der Waals surface area contributed by atoms with Gasteiger partial charge in [-0.15, -0.1) is 11.3 Å². The SMILES string of the molecule is CC1(CNC2CCc3sc(Cl)cc32)COC1. The summed E-state index contributed by atoms with van der Waals surface area (Å²) in [4.78, 5) is 1.47. The summed E-state index contributed by atoms with van der Waals surface area (Å²) < 4.78 is 6.19. The molecule has 2 nitrogen and oxygen atoms in total. The molecule has 1 aliphatic heterocycles. The normalized spacial score (nSPS) is 26.5. The van der Waals surface area contributed by atoms with Crippen molar-refractivity contribution >= 4 is 22.9 Å². The van der Waals surface area contributed by atoms with Crippen LogP contribution in [0.2, 0.25) is 4.34 Å². The van der Waals surface area contributed by atoms with E-state index in [0.29, 0.717) is 11.5 Å². The summed E-state index contributed by atoms with van der Waals surface area (Å²) in [5.74, 6) is 0. The van der Waals surface area contributed by atoms with Gasteiger partial charge < -0.3 is 10.1 Å². The maximum Gasteiger partial charge on any atom is 0.0934 e. The molecule has 1 aromatic rings. The Morgan fingerprint density at radius 2 is 2.44 bits per heavy atom. The van der Waals surface area contributed by atoms with Crippen LogP contribution < -0.4 is 5.32 Å². The summed E-state index contributed by atoms with van der Waals surface area (Å²) in [6, 6.07) is 2.64. The van der Waals surface area contributed by atoms with Crippen molar-refractivity contribution in [1.29, 1.82) is 0 Å². The molecule has 0 spiro atoms. The van der Waals surface area contributed by atoms with Crippen molar-refractivity contribution in [2.24, 2.45) is 5.41 Å². The molecule has 16 heavy (non-hydrogen) atoms. The number of thiophene rings is 1. The largest absolute Gasteiger partial charge is 0.380 e. The highest BCUT2D eigenvalue weighted by atomic mass is 35.5. The van der Waals surface area contributed by atoms with E-state index < -0.39 is 0 Å². The monoisotopic (exact) mass is 257 g/mol. The minimum absolute atomic E-state index is 0.350. The average molecular weight is 258 g/mol. The van der Waals surface area contributed by atoms with Gasteiger partial charge >= 0.3 is 0 Å². The number of halogens is 1. The lowest BCUT2D eigenvalue weighted by Gasteiger charge is -2.39. The Labute approximate surface area is 105 Å². The van der Waals surface area contributed by atoms with Gasteiger partial charge in [0.1, 0.15) is 0 Å². The molecule has 0 amide bonds. The Morgan fingerprint density at radius 3 is 3.12 bits per heavy atom. The second-order valence-corrected chi connectivity index (χ2v) is 6.97. The minimum Gasteiger partial charge on any atom is -0.380 e. The summed E-state index contributed by atoms with van der Waals surface area (Å²) in [5, 5.41) is 3.66. The van der Waals surface area contributed by atoms with Crippen LogP contribution in [-0.2, 0) is 11.2 Å². The van der Waals surface area contributed by atoms with Crippen LogP contribution >= 0.6 is 22.9 Å². The predicted octanol–water partition coefficient (Wildman–Crippen LogP) is 3.01. The van der Waals surface area contributed by atoms with E-state index in [1.165, 1.54) is 23.3 Å². The Hall–Kier alpha value is -0.0900. The average Bonchev–Trinajstić information content (AvgIpc) is 2.71. The molecule has 1 unspecified atom stereocenters. The van der Waals surface area contributed by atoms with E-state index in [0.717, 1.165) is 24.1 Å². The van der Waals surface area contributed by atoms with Gasteiger partial charge in [0, 0.05) is 22.9 Å². The van der Waals surface area contributed by atoms with Gasteiger partial charge in [-0.05, 0) is 24.5 Å². The number of nitrogens with one attached hydrogen (secondary N) is 1. The van der Waals surface area contributed by atoms with Gasteiger partial charge in [-0.2, -0.15) is 0 Å². The molecule has 1 aromatic heterocycles. The van der Waals surface area contributed by atoms with Crippen LogP contribution in [0.15, 0.2) is 6.07 Å². The third kappa shape index (κ3) is 1.90. The second kappa shape index (κ2) is 3.98. The topological polar surface area (TPSA) is 21.3 Å². The first-order chi connectivity index (χ1) is 7.66. The Bertz CT molecular complexity index is 400. The molecule has 4 heteroatoms. The smallest absolute Gasteiger partial charge is 0.0934 e. The number of hydrogen-bond donors (Lipinski definition) is 1. The second-order valence-electron chi connectivity index (χ2n) is 5.20. The Morgan fingerprint density at radius 1 is 1.62 bits per heavy atom. The van der Waals surface area contributed by atoms with E-state index in [9.17, 15) is 0 Å². The van der Waals surface area contributed by atoms with E-state index in [-0.39, 0.29) is 0 Å². The highest BCUT2D eigenvalue weighted by molar-refractivity contribution is 7.16. The van der Waals surface area contributed by atoms with Crippen molar-refractivity contribution in [2.45, 2.75) is 25.8 Å². The standard InChI is InChI=1S/C12H16ClNOS/c1-12(6-15-7-12)5-14-9-2-3-10-8(9)4-11(13)16-10/h4,9,14H,2-3,5-7H2,1H3. The van der Waals surface area contributed by atoms with Gasteiger partial charge in [-0.3, -0.25) is 0 Å². The third-order valence-electron chi connectivity index (χ3n) is 3.52. The molecule has 0 radical (unpaired) electrons. The number of rotatable bonds is 3. The van der Waals surface area contributed by atoms with E-state index in [1.54, 1.807) is 11.3 Å². The van der Waals surface area contributed by atoms with E-state index in [2.05, 4.69) is 18.3 Å². The van der Waals surface area contributed by atoms with E-state index >= 15 is 0 Å². The third-order valence-corrected chi connectivity index (χ3v) is 4.86. The van der Waals surface area contributed by atoms with Crippen molar-refractivity contribution in [3.8, 4) is 0 Å². The zero-order valence-corrected chi connectivity index (χ0v) is 11.0. The van der Waals surface area contributed by atoms with Crippen LogP contribution in [0.1, 0.15) is 29.8 Å². The van der Waals surface area contributed by atoms with Crippen LogP contribution in [0, 0.1) is 5.41 Å². The maximum atomic E-state index is 6.04. The van der Waals surface area contributed by atoms with Crippen molar-refractivity contribution in [1.82, 2.24) is 5.32 Å². The van der Waals surface area contributed by atoms with Crippen LogP contribution in [0.3, 0.4) is 0 Å². The number of ether oxygens (including phenoxy) is 1. The van der Waals surface area contributed by atoms with Crippen LogP contribution in [-0.4, -0.2) is 19.8 Å². The molecule has 1 fully saturated rings. The number of fused-ring (bicyclic) bond motifs is 1. The summed E-state index contributed by atoms with van der Waals surface area (Å²) in [6.07, 6.45) is 2.40. The van der Waals surface area contributed by atoms with Crippen molar-refractivity contribution in [3.05, 3.63) is 20.8 Å². The van der Waals surface area contributed by atoms with Crippen molar-refractivity contribution < 1.29 is 4.74 Å². The van der Waals surface area contributed by atoms with Gasteiger partial charge in [0.2, 0.25) is 0 Å². The molecular weight excluding hydrogens is 242 g/mol. The predicted molar refractivity (Wildman–Crippen MR) is 67.3 cm³/mol. The number of aryl methyl sites for hydroxylation is 1. The number of hydrogen-bond acceptors (Lipinski definition) is 3. The molecule has 1 aliphatic carbocycles. The van der Waals surface area contributed by atoms with Gasteiger partial charge in [0.15, 0.2) is 0 Å². The molecule has 0 bridgehead atoms. The lowest BCUT2D eigenvalue weighted by molar-refractivity contribution is -0.100. The molecule has 1 atom stereocenters. The summed E-state index contributed by atoms with van der Waals surface area (Å²) in [7, 11) is 0. The fourth-order valence-corrected chi connectivity index (χ4v) is 3.82. The van der Waals surface area contributed by atoms with E-state index in [4.69, 9.17) is 16.3 Å². The summed E-state index contributed by atoms with van der Waals surface area (Å²) in [5.41, 5.74) is 1.78. The van der Waals surface area contributed by atoms with Crippen molar-refractivity contribution in [2.75, 3.05) is 19.8 Å². The fraction of sp³-hybridized carbons (Fsp3) is 0.667. The first-order valence-electron chi connectivity index (χ1n) is 5.76. The van der Waals surface area contributed by atoms with Crippen LogP contribution in [0.25, 0.3) is 0 Å². The highest BCUT2D eigenvalue weighted by Gasteiger charge is 2.34. The summed E-state index contributed by atoms with van der Waals surface area (Å²) >= 11 is 7.78. The van der Waals surface area contributed by atoms with Gasteiger partial charge in [0.25, 0.3) is 0 Å². The quantitative estimate of drug-likeness (QED) is 0.899. The van der Waals surface area contributed by atoms with Crippen molar-refractivity contribution in [3.63, 3.8) is 0 Å². The molecule has 1 N–H and O–H groups in total. The first kappa shape index (κ1) is 11.0. The molecule has 2 heterocycles. The molecule has 1 saturated heterocycles. The lowest BCUT2D eigenvalue weighted by atomic mass is 9.88. The van der Waals surface area contributed by atoms with Gasteiger partial charge in [-0.1, -0.05) is 18.5 Å².